The SMILES string of the molecule is COc1cccc(C(=O)N(CC2CCCO2)c2nc3ccc(Cl)cc3s2)c1. The molecule has 5 nitrogen and oxygen atoms in total. The maximum atomic E-state index is 13.3. The number of hydrogen-bond donors (Lipinski definition) is 0. The molecule has 27 heavy (non-hydrogen) atoms. The molecular formula is C20H19ClN2O3S. The number of anilines is 1. The summed E-state index contributed by atoms with van der Waals surface area (Å²) >= 11 is 7.56. The van der Waals surface area contributed by atoms with Gasteiger partial charge in [-0.25, -0.2) is 4.98 Å². The largest absolute Gasteiger partial charge is 0.497 e. The number of fused-ring (bicyclic) bond motifs is 1. The summed E-state index contributed by atoms with van der Waals surface area (Å²) in [5.41, 5.74) is 1.39. The molecule has 0 spiro atoms. The van der Waals surface area contributed by atoms with Crippen LogP contribution in [-0.2, 0) is 4.74 Å². The third kappa shape index (κ3) is 3.93. The molecule has 7 heteroatoms. The first-order valence-electron chi connectivity index (χ1n) is 8.77. The van der Waals surface area contributed by atoms with E-state index < -0.39 is 0 Å². The Morgan fingerprint density at radius 1 is 1.37 bits per heavy atom. The van der Waals surface area contributed by atoms with Crippen molar-refractivity contribution in [2.45, 2.75) is 18.9 Å². The lowest BCUT2D eigenvalue weighted by molar-refractivity contribution is 0.0917. The molecule has 1 atom stereocenters. The summed E-state index contributed by atoms with van der Waals surface area (Å²) in [5.74, 6) is 0.531. The number of methoxy groups -OCH3 is 1. The Bertz CT molecular complexity index is 969. The van der Waals surface area contributed by atoms with Crippen molar-refractivity contribution in [2.75, 3.05) is 25.2 Å². The number of thiazole rings is 1. The maximum absolute atomic E-state index is 13.3. The average molecular weight is 403 g/mol. The molecule has 1 saturated heterocycles. The van der Waals surface area contributed by atoms with Crippen molar-refractivity contribution in [3.8, 4) is 5.75 Å². The molecule has 1 aromatic heterocycles. The lowest BCUT2D eigenvalue weighted by atomic mass is 10.1. The predicted octanol–water partition coefficient (Wildman–Crippen LogP) is 4.78. The summed E-state index contributed by atoms with van der Waals surface area (Å²) in [7, 11) is 1.59. The highest BCUT2D eigenvalue weighted by atomic mass is 35.5. The van der Waals surface area contributed by atoms with Crippen molar-refractivity contribution in [1.29, 1.82) is 0 Å². The summed E-state index contributed by atoms with van der Waals surface area (Å²) in [6.07, 6.45) is 1.98. The Morgan fingerprint density at radius 3 is 3.04 bits per heavy atom. The first kappa shape index (κ1) is 18.2. The Labute approximate surface area is 166 Å². The molecule has 1 unspecified atom stereocenters. The minimum atomic E-state index is -0.116. The first-order chi connectivity index (χ1) is 13.1. The van der Waals surface area contributed by atoms with Crippen LogP contribution in [0.1, 0.15) is 23.2 Å². The van der Waals surface area contributed by atoms with E-state index in [-0.39, 0.29) is 12.0 Å². The number of ether oxygens (including phenoxy) is 2. The van der Waals surface area contributed by atoms with Crippen LogP contribution in [-0.4, -0.2) is 37.3 Å². The molecule has 1 fully saturated rings. The van der Waals surface area contributed by atoms with Gasteiger partial charge in [-0.1, -0.05) is 29.0 Å². The highest BCUT2D eigenvalue weighted by Crippen LogP contribution is 2.32. The van der Waals surface area contributed by atoms with Crippen LogP contribution in [0.15, 0.2) is 42.5 Å². The highest BCUT2D eigenvalue weighted by Gasteiger charge is 2.27. The summed E-state index contributed by atoms with van der Waals surface area (Å²) in [6, 6.07) is 12.7. The van der Waals surface area contributed by atoms with Gasteiger partial charge in [0.1, 0.15) is 5.75 Å². The summed E-state index contributed by atoms with van der Waals surface area (Å²) in [6.45, 7) is 1.21. The van der Waals surface area contributed by atoms with E-state index in [2.05, 4.69) is 4.98 Å². The number of carbonyl (C=O) groups is 1. The third-order valence-electron chi connectivity index (χ3n) is 4.54. The molecule has 3 aromatic rings. The quantitative estimate of drug-likeness (QED) is 0.616. The molecular weight excluding hydrogens is 384 g/mol. The van der Waals surface area contributed by atoms with Gasteiger partial charge in [-0.15, -0.1) is 0 Å². The van der Waals surface area contributed by atoms with Gasteiger partial charge in [0.2, 0.25) is 0 Å². The van der Waals surface area contributed by atoms with Crippen LogP contribution in [0, 0.1) is 0 Å². The van der Waals surface area contributed by atoms with Crippen LogP contribution in [0.25, 0.3) is 10.2 Å². The van der Waals surface area contributed by atoms with Crippen molar-refractivity contribution < 1.29 is 14.3 Å². The minimum absolute atomic E-state index is 0.0233. The van der Waals surface area contributed by atoms with Crippen LogP contribution < -0.4 is 9.64 Å². The molecule has 1 aliphatic heterocycles. The first-order valence-corrected chi connectivity index (χ1v) is 9.97. The van der Waals surface area contributed by atoms with Gasteiger partial charge in [-0.2, -0.15) is 0 Å². The smallest absolute Gasteiger partial charge is 0.260 e. The number of aromatic nitrogens is 1. The second-order valence-corrected chi connectivity index (χ2v) is 7.84. The molecule has 1 aliphatic rings. The molecule has 0 saturated carbocycles. The maximum Gasteiger partial charge on any atom is 0.260 e. The van der Waals surface area contributed by atoms with E-state index in [0.717, 1.165) is 29.7 Å². The van der Waals surface area contributed by atoms with E-state index in [9.17, 15) is 4.79 Å². The minimum Gasteiger partial charge on any atom is -0.497 e. The lowest BCUT2D eigenvalue weighted by Gasteiger charge is -2.23. The summed E-state index contributed by atoms with van der Waals surface area (Å²) < 4.78 is 12.0. The fourth-order valence-electron chi connectivity index (χ4n) is 3.15. The van der Waals surface area contributed by atoms with Gasteiger partial charge in [0.15, 0.2) is 5.13 Å². The Morgan fingerprint density at radius 2 is 2.26 bits per heavy atom. The molecule has 140 valence electrons. The second-order valence-electron chi connectivity index (χ2n) is 6.39. The van der Waals surface area contributed by atoms with E-state index in [1.165, 1.54) is 11.3 Å². The van der Waals surface area contributed by atoms with Gasteiger partial charge in [0, 0.05) is 17.2 Å². The number of hydrogen-bond acceptors (Lipinski definition) is 5. The zero-order valence-electron chi connectivity index (χ0n) is 14.9. The fraction of sp³-hybridized carbons (Fsp3) is 0.300. The van der Waals surface area contributed by atoms with E-state index in [0.29, 0.717) is 28.0 Å². The Hall–Kier alpha value is -2.15. The lowest BCUT2D eigenvalue weighted by Crippen LogP contribution is -2.37. The van der Waals surface area contributed by atoms with Gasteiger partial charge in [0.25, 0.3) is 5.91 Å². The zero-order valence-corrected chi connectivity index (χ0v) is 16.4. The number of rotatable bonds is 5. The number of benzene rings is 2. The molecule has 0 bridgehead atoms. The number of halogens is 1. The van der Waals surface area contributed by atoms with Crippen LogP contribution >= 0.6 is 22.9 Å². The number of carbonyl (C=O) groups excluding carboxylic acids is 1. The Balaban J connectivity index is 1.71. The van der Waals surface area contributed by atoms with Crippen LogP contribution in [0.3, 0.4) is 0 Å². The molecule has 0 N–H and O–H groups in total. The van der Waals surface area contributed by atoms with Gasteiger partial charge in [0.05, 0.1) is 30.0 Å². The molecule has 2 heterocycles. The zero-order chi connectivity index (χ0) is 18.8. The van der Waals surface area contributed by atoms with Crippen molar-refractivity contribution in [3.63, 3.8) is 0 Å². The highest BCUT2D eigenvalue weighted by molar-refractivity contribution is 7.22. The predicted molar refractivity (Wildman–Crippen MR) is 108 cm³/mol. The molecule has 0 aliphatic carbocycles. The Kier molecular flexibility index (Phi) is 5.29. The average Bonchev–Trinajstić information content (AvgIpc) is 3.34. The van der Waals surface area contributed by atoms with E-state index in [1.807, 2.05) is 30.3 Å². The topological polar surface area (TPSA) is 51.7 Å². The fourth-order valence-corrected chi connectivity index (χ4v) is 4.40. The standard InChI is InChI=1S/C20H19ClN2O3S/c1-25-15-5-2-4-13(10-15)19(24)23(12-16-6-3-9-26-16)20-22-17-8-7-14(21)11-18(17)27-20/h2,4-5,7-8,10-11,16H,3,6,9,12H2,1H3. The van der Waals surface area contributed by atoms with Crippen LogP contribution in [0.2, 0.25) is 5.02 Å². The van der Waals surface area contributed by atoms with Crippen molar-refractivity contribution >= 4 is 44.2 Å². The number of amides is 1. The molecule has 4 rings (SSSR count). The molecule has 0 radical (unpaired) electrons. The normalized spacial score (nSPS) is 16.6. The van der Waals surface area contributed by atoms with Crippen molar-refractivity contribution in [1.82, 2.24) is 4.98 Å². The van der Waals surface area contributed by atoms with Crippen LogP contribution in [0.5, 0.6) is 5.75 Å². The molecule has 1 amide bonds. The second kappa shape index (κ2) is 7.84. The van der Waals surface area contributed by atoms with Crippen molar-refractivity contribution in [3.05, 3.63) is 53.1 Å². The molecule has 2 aromatic carbocycles. The van der Waals surface area contributed by atoms with E-state index in [1.54, 1.807) is 24.1 Å². The van der Waals surface area contributed by atoms with Crippen molar-refractivity contribution in [2.24, 2.45) is 0 Å². The van der Waals surface area contributed by atoms with E-state index >= 15 is 0 Å². The van der Waals surface area contributed by atoms with Gasteiger partial charge in [-0.3, -0.25) is 9.69 Å². The third-order valence-corrected chi connectivity index (χ3v) is 5.82. The van der Waals surface area contributed by atoms with Gasteiger partial charge >= 0.3 is 0 Å². The van der Waals surface area contributed by atoms with Gasteiger partial charge in [-0.05, 0) is 49.2 Å². The summed E-state index contributed by atoms with van der Waals surface area (Å²) in [5, 5.41) is 1.30. The van der Waals surface area contributed by atoms with E-state index in [4.69, 9.17) is 21.1 Å². The van der Waals surface area contributed by atoms with Gasteiger partial charge < -0.3 is 9.47 Å². The monoisotopic (exact) mass is 402 g/mol. The van der Waals surface area contributed by atoms with Crippen LogP contribution in [0.4, 0.5) is 5.13 Å². The number of nitrogens with zero attached hydrogens (tertiary/aromatic N) is 2. The summed E-state index contributed by atoms with van der Waals surface area (Å²) in [4.78, 5) is 19.7.